The van der Waals surface area contributed by atoms with Crippen LogP contribution in [0, 0.1) is 0 Å². The molecule has 0 spiro atoms. The average Bonchev–Trinajstić information content (AvgIpc) is 2.83. The van der Waals surface area contributed by atoms with E-state index in [4.69, 9.17) is 5.84 Å². The van der Waals surface area contributed by atoms with Crippen LogP contribution in [-0.2, 0) is 0 Å². The molecule has 0 aliphatic rings. The molecule has 1 aromatic heterocycles. The second-order valence-corrected chi connectivity index (χ2v) is 3.10. The Labute approximate surface area is 92.0 Å². The number of urea groups is 1. The zero-order valence-corrected chi connectivity index (χ0v) is 8.42. The molecule has 2 aromatic rings. The summed E-state index contributed by atoms with van der Waals surface area (Å²) in [6, 6.07) is 8.62. The molecule has 0 unspecified atom stereocenters. The van der Waals surface area contributed by atoms with E-state index in [0.29, 0.717) is 5.69 Å². The largest absolute Gasteiger partial charge is 0.333 e. The van der Waals surface area contributed by atoms with E-state index < -0.39 is 6.03 Å². The van der Waals surface area contributed by atoms with Crippen molar-refractivity contribution in [3.8, 4) is 5.69 Å². The molecule has 0 radical (unpaired) electrons. The van der Waals surface area contributed by atoms with Crippen molar-refractivity contribution in [2.75, 3.05) is 5.32 Å². The smallest absolute Gasteiger partial charge is 0.307 e. The molecule has 6 nitrogen and oxygen atoms in total. The van der Waals surface area contributed by atoms with Gasteiger partial charge in [0, 0.05) is 18.1 Å². The first-order valence-corrected chi connectivity index (χ1v) is 4.67. The van der Waals surface area contributed by atoms with Gasteiger partial charge in [-0.1, -0.05) is 0 Å². The molecule has 0 aliphatic carbocycles. The van der Waals surface area contributed by atoms with Crippen LogP contribution in [0.1, 0.15) is 0 Å². The van der Waals surface area contributed by atoms with Gasteiger partial charge in [0.25, 0.3) is 0 Å². The molecular weight excluding hydrogens is 206 g/mol. The Morgan fingerprint density at radius 1 is 1.31 bits per heavy atom. The Morgan fingerprint density at radius 3 is 2.62 bits per heavy atom. The van der Waals surface area contributed by atoms with Crippen LogP contribution in [0.5, 0.6) is 0 Å². The molecular formula is C10H11N5O. The highest BCUT2D eigenvalue weighted by molar-refractivity contribution is 5.88. The normalized spacial score (nSPS) is 9.81. The molecule has 0 bridgehead atoms. The zero-order chi connectivity index (χ0) is 11.4. The number of nitrogens with two attached hydrogens (primary N) is 1. The summed E-state index contributed by atoms with van der Waals surface area (Å²) in [5.41, 5.74) is 3.57. The van der Waals surface area contributed by atoms with Crippen molar-refractivity contribution in [1.29, 1.82) is 0 Å². The van der Waals surface area contributed by atoms with E-state index in [1.54, 1.807) is 23.0 Å². The van der Waals surface area contributed by atoms with Gasteiger partial charge in [-0.15, -0.1) is 0 Å². The Kier molecular flexibility index (Phi) is 2.84. The summed E-state index contributed by atoms with van der Waals surface area (Å²) in [6.07, 6.45) is 3.54. The number of hydrogen-bond donors (Lipinski definition) is 3. The third-order valence-electron chi connectivity index (χ3n) is 2.03. The predicted molar refractivity (Wildman–Crippen MR) is 59.9 cm³/mol. The number of aromatic nitrogens is 2. The van der Waals surface area contributed by atoms with E-state index >= 15 is 0 Å². The Hall–Kier alpha value is -2.34. The van der Waals surface area contributed by atoms with Crippen molar-refractivity contribution >= 4 is 11.7 Å². The molecule has 6 heteroatoms. The molecule has 0 saturated heterocycles. The number of nitrogens with zero attached hydrogens (tertiary/aromatic N) is 2. The van der Waals surface area contributed by atoms with E-state index in [1.165, 1.54) is 0 Å². The lowest BCUT2D eigenvalue weighted by Gasteiger charge is -2.05. The van der Waals surface area contributed by atoms with Crippen LogP contribution in [0.15, 0.2) is 42.7 Å². The Morgan fingerprint density at radius 2 is 2.06 bits per heavy atom. The summed E-state index contributed by atoms with van der Waals surface area (Å²) >= 11 is 0. The second kappa shape index (κ2) is 4.45. The fraction of sp³-hybridized carbons (Fsp3) is 0. The van der Waals surface area contributed by atoms with E-state index in [0.717, 1.165) is 5.69 Å². The van der Waals surface area contributed by atoms with Gasteiger partial charge in [0.2, 0.25) is 0 Å². The van der Waals surface area contributed by atoms with Gasteiger partial charge in [-0.05, 0) is 30.3 Å². The highest BCUT2D eigenvalue weighted by atomic mass is 16.2. The molecule has 1 heterocycles. The minimum atomic E-state index is -0.452. The van der Waals surface area contributed by atoms with Gasteiger partial charge >= 0.3 is 6.03 Å². The summed E-state index contributed by atoms with van der Waals surface area (Å²) < 4.78 is 1.73. The van der Waals surface area contributed by atoms with Gasteiger partial charge < -0.3 is 5.32 Å². The van der Waals surface area contributed by atoms with Crippen LogP contribution in [-0.4, -0.2) is 15.8 Å². The van der Waals surface area contributed by atoms with E-state index in [1.807, 2.05) is 29.8 Å². The number of nitrogens with one attached hydrogen (secondary N) is 2. The maximum atomic E-state index is 10.9. The van der Waals surface area contributed by atoms with E-state index in [9.17, 15) is 4.79 Å². The maximum Gasteiger partial charge on any atom is 0.333 e. The average molecular weight is 217 g/mol. The summed E-state index contributed by atoms with van der Waals surface area (Å²) in [5, 5.41) is 6.65. The summed E-state index contributed by atoms with van der Waals surface area (Å²) in [4.78, 5) is 10.9. The predicted octanol–water partition coefficient (Wildman–Crippen LogP) is 0.867. The first-order valence-electron chi connectivity index (χ1n) is 4.67. The zero-order valence-electron chi connectivity index (χ0n) is 8.42. The molecule has 1 aromatic carbocycles. The molecule has 2 rings (SSSR count). The monoisotopic (exact) mass is 217 g/mol. The lowest BCUT2D eigenvalue weighted by molar-refractivity contribution is 0.252. The number of hydrogen-bond acceptors (Lipinski definition) is 3. The van der Waals surface area contributed by atoms with Gasteiger partial charge in [-0.2, -0.15) is 5.10 Å². The summed E-state index contributed by atoms with van der Waals surface area (Å²) in [6.45, 7) is 0. The van der Waals surface area contributed by atoms with Crippen molar-refractivity contribution in [3.63, 3.8) is 0 Å². The highest BCUT2D eigenvalue weighted by Gasteiger charge is 1.99. The molecule has 0 atom stereocenters. The molecule has 16 heavy (non-hydrogen) atoms. The summed E-state index contributed by atoms with van der Waals surface area (Å²) in [7, 11) is 0. The minimum absolute atomic E-state index is 0.452. The highest BCUT2D eigenvalue weighted by Crippen LogP contribution is 2.12. The molecule has 82 valence electrons. The van der Waals surface area contributed by atoms with Crippen LogP contribution in [0.25, 0.3) is 5.69 Å². The first kappa shape index (κ1) is 10.2. The minimum Gasteiger partial charge on any atom is -0.307 e. The molecule has 4 N–H and O–H groups in total. The third kappa shape index (κ3) is 2.18. The van der Waals surface area contributed by atoms with Gasteiger partial charge in [-0.25, -0.2) is 15.3 Å². The number of amides is 2. The first-order chi connectivity index (χ1) is 7.79. The number of carbonyl (C=O) groups is 1. The number of hydrazine groups is 1. The van der Waals surface area contributed by atoms with Crippen molar-refractivity contribution in [2.24, 2.45) is 5.84 Å². The number of anilines is 1. The number of benzene rings is 1. The van der Waals surface area contributed by atoms with Crippen LogP contribution in [0.2, 0.25) is 0 Å². The van der Waals surface area contributed by atoms with E-state index in [2.05, 4.69) is 10.4 Å². The van der Waals surface area contributed by atoms with Gasteiger partial charge in [0.05, 0.1) is 5.69 Å². The van der Waals surface area contributed by atoms with Crippen LogP contribution < -0.4 is 16.6 Å². The van der Waals surface area contributed by atoms with E-state index in [-0.39, 0.29) is 0 Å². The molecule has 0 saturated carbocycles. The standard InChI is InChI=1S/C10H11N5O/c11-14-10(16)13-8-2-4-9(5-3-8)15-7-1-6-12-15/h1-7H,11H2,(H2,13,14,16). The molecule has 0 aliphatic heterocycles. The Bertz CT molecular complexity index is 462. The molecule has 2 amide bonds. The van der Waals surface area contributed by atoms with Crippen molar-refractivity contribution in [3.05, 3.63) is 42.7 Å². The van der Waals surface area contributed by atoms with Gasteiger partial charge in [0.15, 0.2) is 0 Å². The second-order valence-electron chi connectivity index (χ2n) is 3.10. The summed E-state index contributed by atoms with van der Waals surface area (Å²) in [5.74, 6) is 4.95. The van der Waals surface area contributed by atoms with Gasteiger partial charge in [-0.3, -0.25) is 5.43 Å². The third-order valence-corrected chi connectivity index (χ3v) is 2.03. The number of rotatable bonds is 2. The van der Waals surface area contributed by atoms with Crippen LogP contribution >= 0.6 is 0 Å². The fourth-order valence-corrected chi connectivity index (χ4v) is 1.29. The lowest BCUT2D eigenvalue weighted by atomic mass is 10.3. The lowest BCUT2D eigenvalue weighted by Crippen LogP contribution is -2.34. The van der Waals surface area contributed by atoms with Crippen molar-refractivity contribution in [2.45, 2.75) is 0 Å². The van der Waals surface area contributed by atoms with Crippen LogP contribution in [0.4, 0.5) is 10.5 Å². The quantitative estimate of drug-likeness (QED) is 0.396. The maximum absolute atomic E-state index is 10.9. The Balaban J connectivity index is 2.14. The van der Waals surface area contributed by atoms with Crippen LogP contribution in [0.3, 0.4) is 0 Å². The topological polar surface area (TPSA) is 85.0 Å². The molecule has 0 fully saturated rings. The van der Waals surface area contributed by atoms with Crippen molar-refractivity contribution < 1.29 is 4.79 Å². The SMILES string of the molecule is NNC(=O)Nc1ccc(-n2cccn2)cc1. The van der Waals surface area contributed by atoms with Gasteiger partial charge in [0.1, 0.15) is 0 Å². The van der Waals surface area contributed by atoms with Crippen molar-refractivity contribution in [1.82, 2.24) is 15.2 Å². The fourth-order valence-electron chi connectivity index (χ4n) is 1.29. The number of carbonyl (C=O) groups excluding carboxylic acids is 1.